The average Bonchev–Trinajstić information content (AvgIpc) is 4.05. The van der Waals surface area contributed by atoms with Gasteiger partial charge in [0.1, 0.15) is 18.7 Å². The number of aliphatic carboxylic acids is 2. The van der Waals surface area contributed by atoms with Crippen molar-refractivity contribution in [1.29, 1.82) is 0 Å². The third-order valence-electron chi connectivity index (χ3n) is 15.2. The molecule has 370 valence electrons. The largest absolute Gasteiger partial charge is 0.480 e. The lowest BCUT2D eigenvalue weighted by Crippen LogP contribution is -2.58. The molecule has 0 unspecified atom stereocenters. The van der Waals surface area contributed by atoms with Crippen molar-refractivity contribution in [2.75, 3.05) is 18.0 Å². The van der Waals surface area contributed by atoms with E-state index in [2.05, 4.69) is 142 Å². The second-order valence-corrected chi connectivity index (χ2v) is 21.1. The Morgan fingerprint density at radius 3 is 1.40 bits per heavy atom. The maximum atomic E-state index is 13.5. The number of carboxylic acid groups (broad SMARTS) is 2. The van der Waals surface area contributed by atoms with Gasteiger partial charge in [-0.2, -0.15) is 0 Å². The minimum Gasteiger partial charge on any atom is -0.480 e. The van der Waals surface area contributed by atoms with E-state index in [9.17, 15) is 29.4 Å². The molecule has 6 aromatic rings. The van der Waals surface area contributed by atoms with Gasteiger partial charge < -0.3 is 15.1 Å². The van der Waals surface area contributed by atoms with Crippen LogP contribution >= 0.6 is 23.6 Å². The summed E-state index contributed by atoms with van der Waals surface area (Å²) in [4.78, 5) is 55.8. The Kier molecular flexibility index (Phi) is 14.8. The molecule has 9 rings (SSSR count). The molecule has 2 N–H and O–H groups in total. The predicted octanol–water partition coefficient (Wildman–Crippen LogP) is 14.7. The van der Waals surface area contributed by atoms with E-state index < -0.39 is 42.0 Å². The molecule has 1 aliphatic heterocycles. The summed E-state index contributed by atoms with van der Waals surface area (Å²) in [6, 6.07) is 44.7. The molecule has 9 nitrogen and oxygen atoms in total. The van der Waals surface area contributed by atoms with E-state index in [0.29, 0.717) is 4.88 Å². The minimum atomic E-state index is -1.35. The van der Waals surface area contributed by atoms with Crippen LogP contribution in [0.2, 0.25) is 0 Å². The molecule has 5 aromatic carbocycles. The van der Waals surface area contributed by atoms with Gasteiger partial charge in [0.15, 0.2) is 5.11 Å². The summed E-state index contributed by atoms with van der Waals surface area (Å²) in [6.45, 7) is 7.55. The van der Waals surface area contributed by atoms with E-state index in [-0.39, 0.29) is 16.4 Å². The van der Waals surface area contributed by atoms with Crippen LogP contribution in [-0.2, 0) is 30.0 Å². The highest BCUT2D eigenvalue weighted by atomic mass is 32.1. The monoisotopic (exact) mass is 997 g/mol. The molecule has 2 aliphatic carbocycles. The lowest BCUT2D eigenvalue weighted by Gasteiger charge is -2.35. The summed E-state index contributed by atoms with van der Waals surface area (Å²) < 4.78 is 0. The number of unbranched alkanes of at least 4 members (excludes halogenated alkanes) is 4. The van der Waals surface area contributed by atoms with Gasteiger partial charge in [-0.1, -0.05) is 152 Å². The van der Waals surface area contributed by atoms with E-state index in [1.165, 1.54) is 61.9 Å². The minimum absolute atomic E-state index is 0.0907. The summed E-state index contributed by atoms with van der Waals surface area (Å²) in [6.07, 6.45) is 14.9. The fourth-order valence-corrected chi connectivity index (χ4v) is 13.0. The molecular weight excluding hydrogens is 935 g/mol. The van der Waals surface area contributed by atoms with E-state index in [1.54, 1.807) is 6.07 Å². The zero-order valence-electron chi connectivity index (χ0n) is 41.7. The van der Waals surface area contributed by atoms with Crippen LogP contribution in [0, 0.1) is 0 Å². The molecule has 0 spiro atoms. The van der Waals surface area contributed by atoms with E-state index in [4.69, 9.17) is 12.2 Å². The highest BCUT2D eigenvalue weighted by molar-refractivity contribution is 7.80. The lowest BCUT2D eigenvalue weighted by molar-refractivity contribution is -0.145. The number of rotatable bonds is 21. The van der Waals surface area contributed by atoms with Crippen LogP contribution in [0.3, 0.4) is 0 Å². The quantitative estimate of drug-likeness (QED) is 0.0416. The molecule has 72 heavy (non-hydrogen) atoms. The molecule has 0 saturated carbocycles. The normalized spacial score (nSPS) is 15.1. The molecule has 0 radical (unpaired) electrons. The van der Waals surface area contributed by atoms with Crippen LogP contribution in [0.15, 0.2) is 127 Å². The van der Waals surface area contributed by atoms with Gasteiger partial charge in [-0.3, -0.25) is 29.0 Å². The van der Waals surface area contributed by atoms with E-state index in [0.717, 1.165) is 114 Å². The molecule has 1 fully saturated rings. The summed E-state index contributed by atoms with van der Waals surface area (Å²) in [5.74, 6) is -4.48. The van der Waals surface area contributed by atoms with Gasteiger partial charge in [0.25, 0.3) is 11.8 Å². The van der Waals surface area contributed by atoms with Crippen molar-refractivity contribution in [2.45, 2.75) is 116 Å². The van der Waals surface area contributed by atoms with Crippen LogP contribution in [0.25, 0.3) is 38.8 Å². The first-order chi connectivity index (χ1) is 34.9. The highest BCUT2D eigenvalue weighted by Crippen LogP contribution is 2.58. The second-order valence-electron chi connectivity index (χ2n) is 19.6. The van der Waals surface area contributed by atoms with Crippen LogP contribution in [-0.4, -0.2) is 62.0 Å². The fraction of sp³-hybridized carbons (Fsp3) is 0.328. The number of nitrogens with zero attached hydrogens (tertiary/aromatic N) is 3. The highest BCUT2D eigenvalue weighted by Gasteiger charge is 2.45. The van der Waals surface area contributed by atoms with Crippen molar-refractivity contribution in [1.82, 2.24) is 9.80 Å². The van der Waals surface area contributed by atoms with E-state index >= 15 is 0 Å². The van der Waals surface area contributed by atoms with Crippen molar-refractivity contribution < 1.29 is 29.4 Å². The number of hydrogen-bond donors (Lipinski definition) is 2. The Morgan fingerprint density at radius 1 is 0.556 bits per heavy atom. The molecule has 3 aliphatic rings. The number of amides is 2. The Labute approximate surface area is 432 Å². The number of carboxylic acids is 2. The van der Waals surface area contributed by atoms with Crippen molar-refractivity contribution in [2.24, 2.45) is 0 Å². The van der Waals surface area contributed by atoms with Gasteiger partial charge >= 0.3 is 11.9 Å². The zero-order valence-corrected chi connectivity index (χ0v) is 43.3. The number of thiophene rings is 1. The number of fused-ring (bicyclic) bond motifs is 6. The number of anilines is 3. The van der Waals surface area contributed by atoms with E-state index in [1.807, 2.05) is 6.07 Å². The first-order valence-electron chi connectivity index (χ1n) is 25.7. The standard InChI is InChI=1S/C61H63N3O6S2/c1-5-9-31-60(32-10-6-2)50-19-15-13-17-45(50)47-28-25-42(35-52(47)60)64(43-26-29-48-46-18-14-16-20-51(46)61(33-11-7-3,34-12-8-4)53(48)36-43)41-23-21-40(22-24-41)54-30-27-44(72-54)37-49-57(69)62(38-55(65)66)59(71)63(58(49)70)39-56(67)68/h13-30,35-37H,5-12,31-34,38-39H2,1-4H3,(H,65,66)(H,67,68). The number of thiocarbonyl (C=S) groups is 1. The van der Waals surface area contributed by atoms with Crippen molar-refractivity contribution in [3.63, 3.8) is 0 Å². The van der Waals surface area contributed by atoms with Gasteiger partial charge in [-0.25, -0.2) is 0 Å². The summed E-state index contributed by atoms with van der Waals surface area (Å²) in [7, 11) is 0. The summed E-state index contributed by atoms with van der Waals surface area (Å²) in [5.41, 5.74) is 14.7. The summed E-state index contributed by atoms with van der Waals surface area (Å²) >= 11 is 6.59. The molecule has 11 heteroatoms. The topological polar surface area (TPSA) is 118 Å². The van der Waals surface area contributed by atoms with Crippen molar-refractivity contribution in [3.8, 4) is 32.7 Å². The molecule has 1 aromatic heterocycles. The number of hydrogen-bond acceptors (Lipinski definition) is 7. The van der Waals surface area contributed by atoms with Crippen LogP contribution in [0.1, 0.15) is 132 Å². The van der Waals surface area contributed by atoms with Crippen LogP contribution in [0.4, 0.5) is 17.1 Å². The number of carbonyl (C=O) groups is 4. The maximum absolute atomic E-state index is 13.5. The van der Waals surface area contributed by atoms with Gasteiger partial charge in [0.05, 0.1) is 0 Å². The molecular formula is C61H63N3O6S2. The first-order valence-corrected chi connectivity index (χ1v) is 26.9. The molecule has 1 saturated heterocycles. The van der Waals surface area contributed by atoms with Crippen molar-refractivity contribution >= 4 is 75.6 Å². The lowest BCUT2D eigenvalue weighted by atomic mass is 9.70. The number of benzene rings is 5. The van der Waals surface area contributed by atoms with Gasteiger partial charge in [-0.05, 0) is 143 Å². The smallest absolute Gasteiger partial charge is 0.323 e. The fourth-order valence-electron chi connectivity index (χ4n) is 11.7. The maximum Gasteiger partial charge on any atom is 0.323 e. The van der Waals surface area contributed by atoms with Crippen molar-refractivity contribution in [3.05, 3.63) is 154 Å². The number of carbonyl (C=O) groups excluding carboxylic acids is 2. The molecule has 2 heterocycles. The zero-order chi connectivity index (χ0) is 50.7. The molecule has 0 bridgehead atoms. The molecule has 0 atom stereocenters. The average molecular weight is 998 g/mol. The Morgan fingerprint density at radius 2 is 0.972 bits per heavy atom. The SMILES string of the molecule is CCCCC1(CCCC)c2ccccc2-c2ccc(N(c3ccc(-c4ccc(C=C5C(=O)N(CC(=O)O)C(=S)N(CC(=O)O)C5=O)s4)cc3)c3ccc4c(c3)C(CCCC)(CCCC)c3ccccc3-4)cc21. The van der Waals surface area contributed by atoms with Crippen LogP contribution in [0.5, 0.6) is 0 Å². The summed E-state index contributed by atoms with van der Waals surface area (Å²) in [5, 5.41) is 18.6. The van der Waals surface area contributed by atoms with Gasteiger partial charge in [0.2, 0.25) is 0 Å². The van der Waals surface area contributed by atoms with Gasteiger partial charge in [-0.15, -0.1) is 11.3 Å². The van der Waals surface area contributed by atoms with Gasteiger partial charge in [0, 0.05) is 37.6 Å². The second kappa shape index (κ2) is 21.2. The van der Waals surface area contributed by atoms with Crippen LogP contribution < -0.4 is 4.90 Å². The Bertz CT molecular complexity index is 2920. The predicted molar refractivity (Wildman–Crippen MR) is 294 cm³/mol. The third kappa shape index (κ3) is 9.10. The third-order valence-corrected chi connectivity index (χ3v) is 16.7. The molecule has 2 amide bonds. The Balaban J connectivity index is 1.16. The first kappa shape index (κ1) is 50.3. The Hall–Kier alpha value is -6.69.